The van der Waals surface area contributed by atoms with Gasteiger partial charge in [-0.05, 0) is 41.4 Å². The molecule has 3 aromatic carbocycles. The molecule has 24 heavy (non-hydrogen) atoms. The topological polar surface area (TPSA) is 3.24 Å². The lowest BCUT2D eigenvalue weighted by Crippen LogP contribution is -2.30. The van der Waals surface area contributed by atoms with Crippen molar-refractivity contribution in [1.29, 1.82) is 0 Å². The van der Waals surface area contributed by atoms with Gasteiger partial charge in [0.2, 0.25) is 0 Å². The first kappa shape index (κ1) is 15.4. The van der Waals surface area contributed by atoms with Crippen molar-refractivity contribution in [3.63, 3.8) is 0 Å². The third-order valence-corrected chi connectivity index (χ3v) is 5.17. The normalized spacial score (nSPS) is 17.5. The van der Waals surface area contributed by atoms with E-state index in [1.54, 1.807) is 0 Å². The summed E-state index contributed by atoms with van der Waals surface area (Å²) in [6.07, 6.45) is 0. The Morgan fingerprint density at radius 3 is 2.46 bits per heavy atom. The fourth-order valence-electron chi connectivity index (χ4n) is 3.68. The summed E-state index contributed by atoms with van der Waals surface area (Å²) in [4.78, 5) is 2.40. The summed E-state index contributed by atoms with van der Waals surface area (Å²) in [5.74, 6) is 0.431. The van der Waals surface area contributed by atoms with Crippen LogP contribution in [0, 0.1) is 0 Å². The second kappa shape index (κ2) is 6.43. The Kier molecular flexibility index (Phi) is 4.13. The van der Waals surface area contributed by atoms with Gasteiger partial charge in [0.1, 0.15) is 0 Å². The smallest absolute Gasteiger partial charge is 0.0484 e. The lowest BCUT2D eigenvalue weighted by Gasteiger charge is -2.33. The zero-order chi connectivity index (χ0) is 16.5. The average molecular weight is 334 g/mol. The van der Waals surface area contributed by atoms with Gasteiger partial charge >= 0.3 is 0 Å². The molecule has 0 bridgehead atoms. The number of nitrogens with zero attached hydrogens (tertiary/aromatic N) is 1. The highest BCUT2D eigenvalue weighted by Crippen LogP contribution is 2.36. The van der Waals surface area contributed by atoms with Crippen molar-refractivity contribution >= 4 is 11.6 Å². The van der Waals surface area contributed by atoms with Crippen molar-refractivity contribution in [2.75, 3.05) is 13.6 Å². The van der Waals surface area contributed by atoms with Crippen LogP contribution in [0.1, 0.15) is 22.6 Å². The lowest BCUT2D eigenvalue weighted by atomic mass is 9.83. The molecule has 0 radical (unpaired) electrons. The van der Waals surface area contributed by atoms with Crippen LogP contribution in [0.15, 0.2) is 72.8 Å². The Morgan fingerprint density at radius 1 is 0.917 bits per heavy atom. The van der Waals surface area contributed by atoms with Crippen molar-refractivity contribution in [3.05, 3.63) is 94.5 Å². The van der Waals surface area contributed by atoms with Crippen molar-refractivity contribution in [2.45, 2.75) is 12.5 Å². The second-order valence-corrected chi connectivity index (χ2v) is 6.96. The maximum absolute atomic E-state index is 6.38. The van der Waals surface area contributed by atoms with Gasteiger partial charge in [0.05, 0.1) is 0 Å². The van der Waals surface area contributed by atoms with Gasteiger partial charge in [-0.3, -0.25) is 0 Å². The fourth-order valence-corrected chi connectivity index (χ4v) is 3.93. The molecule has 0 aliphatic carbocycles. The Morgan fingerprint density at radius 2 is 1.67 bits per heavy atom. The average Bonchev–Trinajstić information content (AvgIpc) is 2.61. The van der Waals surface area contributed by atoms with E-state index in [-0.39, 0.29) is 0 Å². The molecule has 1 aliphatic heterocycles. The molecule has 4 rings (SSSR count). The molecule has 1 unspecified atom stereocenters. The molecule has 0 aromatic heterocycles. The monoisotopic (exact) mass is 333 g/mol. The quantitative estimate of drug-likeness (QED) is 0.591. The number of hydrogen-bond donors (Lipinski definition) is 0. The third-order valence-electron chi connectivity index (χ3n) is 4.84. The van der Waals surface area contributed by atoms with E-state index in [0.717, 1.165) is 23.7 Å². The summed E-state index contributed by atoms with van der Waals surface area (Å²) in [5.41, 5.74) is 6.52. The number of likely N-dealkylation sites (N-methyl/N-ethyl adjacent to an activating group) is 1. The van der Waals surface area contributed by atoms with E-state index in [0.29, 0.717) is 5.92 Å². The van der Waals surface area contributed by atoms with Crippen LogP contribution in [0.3, 0.4) is 0 Å². The van der Waals surface area contributed by atoms with Gasteiger partial charge in [0, 0.05) is 29.6 Å². The highest BCUT2D eigenvalue weighted by Gasteiger charge is 2.25. The molecule has 1 atom stereocenters. The van der Waals surface area contributed by atoms with Gasteiger partial charge in [-0.25, -0.2) is 0 Å². The number of halogens is 1. The first-order valence-electron chi connectivity index (χ1n) is 8.33. The van der Waals surface area contributed by atoms with E-state index in [1.807, 2.05) is 18.2 Å². The zero-order valence-electron chi connectivity index (χ0n) is 13.7. The van der Waals surface area contributed by atoms with Gasteiger partial charge in [-0.15, -0.1) is 0 Å². The van der Waals surface area contributed by atoms with Gasteiger partial charge in [-0.1, -0.05) is 72.3 Å². The molecule has 2 heteroatoms. The largest absolute Gasteiger partial charge is 0.301 e. The van der Waals surface area contributed by atoms with Crippen molar-refractivity contribution in [1.82, 2.24) is 4.90 Å². The summed E-state index contributed by atoms with van der Waals surface area (Å²) in [6.45, 7) is 2.04. The van der Waals surface area contributed by atoms with Crippen LogP contribution < -0.4 is 0 Å². The Labute approximate surface area is 148 Å². The van der Waals surface area contributed by atoms with Crippen molar-refractivity contribution in [2.24, 2.45) is 0 Å². The van der Waals surface area contributed by atoms with E-state index >= 15 is 0 Å². The van der Waals surface area contributed by atoms with Crippen LogP contribution in [0.25, 0.3) is 11.1 Å². The number of hydrogen-bond acceptors (Lipinski definition) is 1. The van der Waals surface area contributed by atoms with Crippen molar-refractivity contribution < 1.29 is 0 Å². The highest BCUT2D eigenvalue weighted by atomic mass is 35.5. The third kappa shape index (κ3) is 2.86. The maximum atomic E-state index is 6.38. The highest BCUT2D eigenvalue weighted by molar-refractivity contribution is 6.33. The summed E-state index contributed by atoms with van der Waals surface area (Å²) in [7, 11) is 2.20. The molecule has 1 heterocycles. The molecule has 0 saturated carbocycles. The van der Waals surface area contributed by atoms with Crippen LogP contribution in [-0.4, -0.2) is 18.5 Å². The van der Waals surface area contributed by atoms with Gasteiger partial charge in [0.15, 0.2) is 0 Å². The lowest BCUT2D eigenvalue weighted by molar-refractivity contribution is 0.295. The molecular weight excluding hydrogens is 314 g/mol. The minimum Gasteiger partial charge on any atom is -0.301 e. The van der Waals surface area contributed by atoms with Crippen LogP contribution in [0.5, 0.6) is 0 Å². The van der Waals surface area contributed by atoms with E-state index in [2.05, 4.69) is 66.5 Å². The van der Waals surface area contributed by atoms with Gasteiger partial charge in [-0.2, -0.15) is 0 Å². The number of fused-ring (bicyclic) bond motifs is 1. The SMILES string of the molecule is CN1Cc2cc(-c3ccccc3Cl)ccc2C(c2ccccc2)C1. The molecule has 0 spiro atoms. The van der Waals surface area contributed by atoms with Crippen LogP contribution in [0.4, 0.5) is 0 Å². The van der Waals surface area contributed by atoms with E-state index in [1.165, 1.54) is 22.3 Å². The minimum absolute atomic E-state index is 0.431. The zero-order valence-corrected chi connectivity index (χ0v) is 14.5. The van der Waals surface area contributed by atoms with E-state index < -0.39 is 0 Å². The van der Waals surface area contributed by atoms with Crippen LogP contribution in [0.2, 0.25) is 5.02 Å². The molecule has 1 nitrogen and oxygen atoms in total. The summed E-state index contributed by atoms with van der Waals surface area (Å²) in [6, 6.07) is 25.7. The first-order valence-corrected chi connectivity index (χ1v) is 8.71. The molecule has 1 aliphatic rings. The molecule has 3 aromatic rings. The van der Waals surface area contributed by atoms with Gasteiger partial charge in [0.25, 0.3) is 0 Å². The van der Waals surface area contributed by atoms with E-state index in [4.69, 9.17) is 11.6 Å². The molecule has 0 saturated heterocycles. The standard InChI is InChI=1S/C22H20ClN/c1-24-14-18-13-17(20-9-5-6-10-22(20)23)11-12-19(18)21(15-24)16-7-3-2-4-8-16/h2-13,21H,14-15H2,1H3. The van der Waals surface area contributed by atoms with Crippen LogP contribution in [-0.2, 0) is 6.54 Å². The van der Waals surface area contributed by atoms with Crippen LogP contribution >= 0.6 is 11.6 Å². The second-order valence-electron chi connectivity index (χ2n) is 6.55. The summed E-state index contributed by atoms with van der Waals surface area (Å²) >= 11 is 6.38. The minimum atomic E-state index is 0.431. The number of rotatable bonds is 2. The first-order chi connectivity index (χ1) is 11.7. The molecule has 120 valence electrons. The van der Waals surface area contributed by atoms with Gasteiger partial charge < -0.3 is 4.90 Å². The Hall–Kier alpha value is -2.09. The van der Waals surface area contributed by atoms with E-state index in [9.17, 15) is 0 Å². The molecule has 0 N–H and O–H groups in total. The Bertz CT molecular complexity index is 857. The summed E-state index contributed by atoms with van der Waals surface area (Å²) in [5, 5.41) is 0.807. The molecule has 0 amide bonds. The summed E-state index contributed by atoms with van der Waals surface area (Å²) < 4.78 is 0. The maximum Gasteiger partial charge on any atom is 0.0484 e. The predicted octanol–water partition coefficient (Wildman–Crippen LogP) is 5.58. The fraction of sp³-hybridized carbons (Fsp3) is 0.182. The van der Waals surface area contributed by atoms with Crippen molar-refractivity contribution in [3.8, 4) is 11.1 Å². The predicted molar refractivity (Wildman–Crippen MR) is 102 cm³/mol. The Balaban J connectivity index is 1.79. The molecule has 0 fully saturated rings. The number of benzene rings is 3. The molecular formula is C22H20ClN.